The Morgan fingerprint density at radius 2 is 1.97 bits per heavy atom. The van der Waals surface area contributed by atoms with Crippen LogP contribution in [0.1, 0.15) is 54.4 Å². The lowest BCUT2D eigenvalue weighted by molar-refractivity contribution is 0.320. The number of amidine groups is 1. The highest BCUT2D eigenvalue weighted by Gasteiger charge is 2.32. The van der Waals surface area contributed by atoms with Crippen molar-refractivity contribution in [1.29, 1.82) is 0 Å². The van der Waals surface area contributed by atoms with Crippen LogP contribution in [0.2, 0.25) is 0 Å². The number of hydrogen-bond donors (Lipinski definition) is 4. The number of hydrogen-bond acceptors (Lipinski definition) is 8. The van der Waals surface area contributed by atoms with Gasteiger partial charge in [0.2, 0.25) is 0 Å². The minimum absolute atomic E-state index is 0.0818. The first-order valence-electron chi connectivity index (χ1n) is 12.6. The SMILES string of the molecule is COc1cc2c3c([nH]c2cc1-c1c(C)noc1C)NC(C)N=C3Nc1cc(C2CC2)nn1C1CNC1. The van der Waals surface area contributed by atoms with E-state index in [0.29, 0.717) is 12.0 Å². The maximum Gasteiger partial charge on any atom is 0.141 e. The quantitative estimate of drug-likeness (QED) is 0.332. The molecule has 2 fully saturated rings. The van der Waals surface area contributed by atoms with Crippen molar-refractivity contribution in [2.45, 2.75) is 51.7 Å². The van der Waals surface area contributed by atoms with Crippen LogP contribution in [0.25, 0.3) is 22.0 Å². The van der Waals surface area contributed by atoms with E-state index < -0.39 is 0 Å². The molecular weight excluding hydrogens is 456 g/mol. The third-order valence-electron chi connectivity index (χ3n) is 7.44. The van der Waals surface area contributed by atoms with Gasteiger partial charge in [0.05, 0.1) is 35.7 Å². The molecule has 0 spiro atoms. The van der Waals surface area contributed by atoms with Crippen LogP contribution in [0.5, 0.6) is 5.75 Å². The number of nitrogens with one attached hydrogen (secondary N) is 4. The van der Waals surface area contributed by atoms with E-state index in [1.807, 2.05) is 13.8 Å². The fourth-order valence-electron chi connectivity index (χ4n) is 5.33. The number of fused-ring (bicyclic) bond motifs is 3. The molecule has 36 heavy (non-hydrogen) atoms. The Hall–Kier alpha value is -3.79. The predicted molar refractivity (Wildman–Crippen MR) is 139 cm³/mol. The Kier molecular flexibility index (Phi) is 4.69. The largest absolute Gasteiger partial charge is 0.496 e. The summed E-state index contributed by atoms with van der Waals surface area (Å²) in [5.41, 5.74) is 5.91. The van der Waals surface area contributed by atoms with Crippen molar-refractivity contribution in [1.82, 2.24) is 25.2 Å². The van der Waals surface area contributed by atoms with Gasteiger partial charge in [-0.1, -0.05) is 5.16 Å². The molecule has 10 nitrogen and oxygen atoms in total. The molecule has 186 valence electrons. The van der Waals surface area contributed by atoms with Gasteiger partial charge in [-0.3, -0.25) is 0 Å². The molecule has 5 heterocycles. The van der Waals surface area contributed by atoms with Gasteiger partial charge in [0.1, 0.15) is 35.1 Å². The number of aryl methyl sites for hydroxylation is 2. The van der Waals surface area contributed by atoms with Gasteiger partial charge in [-0.05, 0) is 45.7 Å². The van der Waals surface area contributed by atoms with Crippen LogP contribution in [0.3, 0.4) is 0 Å². The van der Waals surface area contributed by atoms with Gasteiger partial charge in [0, 0.05) is 41.5 Å². The summed E-state index contributed by atoms with van der Waals surface area (Å²) in [4.78, 5) is 8.54. The van der Waals surface area contributed by atoms with Gasteiger partial charge in [0.15, 0.2) is 0 Å². The Bertz CT molecular complexity index is 1500. The van der Waals surface area contributed by atoms with Gasteiger partial charge >= 0.3 is 0 Å². The second-order valence-electron chi connectivity index (χ2n) is 10.1. The number of H-pyrrole nitrogens is 1. The van der Waals surface area contributed by atoms with Crippen LogP contribution >= 0.6 is 0 Å². The molecule has 3 aromatic heterocycles. The highest BCUT2D eigenvalue weighted by Crippen LogP contribution is 2.42. The monoisotopic (exact) mass is 486 g/mol. The smallest absolute Gasteiger partial charge is 0.141 e. The number of methoxy groups -OCH3 is 1. The molecule has 3 aliphatic rings. The van der Waals surface area contributed by atoms with Crippen LogP contribution in [0, 0.1) is 13.8 Å². The average molecular weight is 487 g/mol. The normalized spacial score (nSPS) is 19.6. The van der Waals surface area contributed by atoms with Crippen LogP contribution in [0.4, 0.5) is 11.6 Å². The highest BCUT2D eigenvalue weighted by atomic mass is 16.5. The maximum absolute atomic E-state index is 5.85. The molecule has 4 N–H and O–H groups in total. The lowest BCUT2D eigenvalue weighted by atomic mass is 10.00. The first-order chi connectivity index (χ1) is 17.5. The number of aromatic amines is 1. The molecule has 1 saturated heterocycles. The van der Waals surface area contributed by atoms with Crippen molar-refractivity contribution in [2.24, 2.45) is 4.99 Å². The van der Waals surface area contributed by atoms with Crippen LogP contribution in [-0.4, -0.2) is 52.1 Å². The number of benzene rings is 1. The minimum Gasteiger partial charge on any atom is -0.496 e. The van der Waals surface area contributed by atoms with Crippen molar-refractivity contribution in [3.05, 3.63) is 40.9 Å². The van der Waals surface area contributed by atoms with E-state index in [9.17, 15) is 0 Å². The van der Waals surface area contributed by atoms with Crippen LogP contribution in [0.15, 0.2) is 27.7 Å². The van der Waals surface area contributed by atoms with Crippen molar-refractivity contribution < 1.29 is 9.26 Å². The molecular formula is C26H30N8O2. The second-order valence-corrected chi connectivity index (χ2v) is 10.1. The molecule has 7 rings (SSSR count). The molecule has 4 aromatic rings. The average Bonchev–Trinajstić information content (AvgIpc) is 3.38. The van der Waals surface area contributed by atoms with Gasteiger partial charge in [0.25, 0.3) is 0 Å². The number of aliphatic imine (C=N–C) groups is 1. The number of ether oxygens (including phenoxy) is 1. The number of nitrogens with zero attached hydrogens (tertiary/aromatic N) is 4. The van der Waals surface area contributed by atoms with Crippen LogP contribution in [-0.2, 0) is 0 Å². The first-order valence-corrected chi connectivity index (χ1v) is 12.6. The molecule has 1 saturated carbocycles. The van der Waals surface area contributed by atoms with E-state index in [2.05, 4.69) is 55.9 Å². The summed E-state index contributed by atoms with van der Waals surface area (Å²) in [6.45, 7) is 7.79. The summed E-state index contributed by atoms with van der Waals surface area (Å²) >= 11 is 0. The van der Waals surface area contributed by atoms with Crippen molar-refractivity contribution in [3.63, 3.8) is 0 Å². The molecule has 0 amide bonds. The summed E-state index contributed by atoms with van der Waals surface area (Å²) < 4.78 is 13.4. The molecule has 2 aliphatic heterocycles. The van der Waals surface area contributed by atoms with Gasteiger partial charge < -0.3 is 30.2 Å². The van der Waals surface area contributed by atoms with E-state index in [-0.39, 0.29) is 6.17 Å². The Morgan fingerprint density at radius 3 is 2.64 bits per heavy atom. The van der Waals surface area contributed by atoms with E-state index in [4.69, 9.17) is 19.4 Å². The molecule has 1 aromatic carbocycles. The zero-order valence-electron chi connectivity index (χ0n) is 20.9. The first kappa shape index (κ1) is 21.5. The maximum atomic E-state index is 5.85. The lowest BCUT2D eigenvalue weighted by Gasteiger charge is -2.29. The second kappa shape index (κ2) is 7.86. The molecule has 1 unspecified atom stereocenters. The summed E-state index contributed by atoms with van der Waals surface area (Å²) in [5, 5.41) is 20.7. The summed E-state index contributed by atoms with van der Waals surface area (Å²) in [6.07, 6.45) is 2.36. The Morgan fingerprint density at radius 1 is 1.14 bits per heavy atom. The van der Waals surface area contributed by atoms with Crippen molar-refractivity contribution in [2.75, 3.05) is 30.8 Å². The standard InChI is InChI=1S/C26H30N8O2/c1-12-23(13(2)36-33-12)18-7-20-17(8-21(18)35-4)24-25(30-20)28-14(3)29-26(24)31-22-9-19(15-5-6-15)32-34(22)16-10-27-11-16/h7-9,14-16,27-28,30H,5-6,10-11H2,1-4H3,(H,29,31). The minimum atomic E-state index is -0.0818. The Balaban J connectivity index is 1.34. The van der Waals surface area contributed by atoms with E-state index in [1.165, 1.54) is 18.5 Å². The third-order valence-corrected chi connectivity index (χ3v) is 7.44. The molecule has 1 aliphatic carbocycles. The summed E-state index contributed by atoms with van der Waals surface area (Å²) in [5.74, 6) is 4.87. The predicted octanol–water partition coefficient (Wildman–Crippen LogP) is 4.30. The van der Waals surface area contributed by atoms with Crippen molar-refractivity contribution in [3.8, 4) is 16.9 Å². The number of aromatic nitrogens is 4. The fourth-order valence-corrected chi connectivity index (χ4v) is 5.33. The number of rotatable bonds is 5. The fraction of sp³-hybridized carbons (Fsp3) is 0.423. The van der Waals surface area contributed by atoms with E-state index in [1.54, 1.807) is 7.11 Å². The lowest BCUT2D eigenvalue weighted by Crippen LogP contribution is -2.44. The number of anilines is 2. The third kappa shape index (κ3) is 3.31. The van der Waals surface area contributed by atoms with E-state index >= 15 is 0 Å². The van der Waals surface area contributed by atoms with Gasteiger partial charge in [-0.25, -0.2) is 9.67 Å². The van der Waals surface area contributed by atoms with Gasteiger partial charge in [-0.15, -0.1) is 0 Å². The summed E-state index contributed by atoms with van der Waals surface area (Å²) in [7, 11) is 1.69. The van der Waals surface area contributed by atoms with Crippen molar-refractivity contribution >= 4 is 28.4 Å². The molecule has 0 bridgehead atoms. The van der Waals surface area contributed by atoms with E-state index in [0.717, 1.165) is 75.4 Å². The van der Waals surface area contributed by atoms with Crippen LogP contribution < -0.4 is 20.7 Å². The topological polar surface area (TPSA) is 117 Å². The molecule has 1 atom stereocenters. The summed E-state index contributed by atoms with van der Waals surface area (Å²) in [6, 6.07) is 6.75. The van der Waals surface area contributed by atoms with Gasteiger partial charge in [-0.2, -0.15) is 5.10 Å². The zero-order chi connectivity index (χ0) is 24.6. The molecule has 10 heteroatoms. The zero-order valence-corrected chi connectivity index (χ0v) is 20.9. The molecule has 0 radical (unpaired) electrons. The Labute approximate surface area is 208 Å². The highest BCUT2D eigenvalue weighted by molar-refractivity contribution is 6.20.